The number of aromatic nitrogens is 5. The van der Waals surface area contributed by atoms with Gasteiger partial charge in [-0.1, -0.05) is 0 Å². The number of carbonyl (C=O) groups is 1. The Morgan fingerprint density at radius 3 is 3.09 bits per heavy atom. The molecule has 0 aromatic carbocycles. The van der Waals surface area contributed by atoms with Crippen LogP contribution in [0.1, 0.15) is 30.1 Å². The average molecular weight is 301 g/mol. The lowest BCUT2D eigenvalue weighted by Crippen LogP contribution is -2.34. The first-order valence-electron chi connectivity index (χ1n) is 7.28. The van der Waals surface area contributed by atoms with E-state index in [1.165, 1.54) is 17.3 Å². The van der Waals surface area contributed by atoms with Crippen molar-refractivity contribution >= 4 is 11.9 Å². The van der Waals surface area contributed by atoms with Gasteiger partial charge >= 0.3 is 0 Å². The molecule has 0 spiro atoms. The zero-order valence-corrected chi connectivity index (χ0v) is 12.7. The van der Waals surface area contributed by atoms with Gasteiger partial charge in [0.15, 0.2) is 0 Å². The lowest BCUT2D eigenvalue weighted by Gasteiger charge is -2.26. The number of hydrogen-bond acceptors (Lipinski definition) is 6. The standard InChI is InChI=1S/C14H19N7O/c1-20(2)14-16-6-10-11(4-3-5-12(10)19-14)18-13(22)7-21-9-15-8-17-21/h6,8-9,11H,3-5,7H2,1-2H3,(H,18,22)/t11-/m1/s1. The van der Waals surface area contributed by atoms with Crippen LogP contribution in [0, 0.1) is 0 Å². The van der Waals surface area contributed by atoms with Gasteiger partial charge in [0.2, 0.25) is 11.9 Å². The molecule has 0 saturated heterocycles. The molecule has 0 aliphatic heterocycles. The van der Waals surface area contributed by atoms with E-state index in [9.17, 15) is 4.79 Å². The third kappa shape index (κ3) is 3.05. The van der Waals surface area contributed by atoms with Gasteiger partial charge in [-0.05, 0) is 19.3 Å². The van der Waals surface area contributed by atoms with E-state index in [0.717, 1.165) is 30.5 Å². The van der Waals surface area contributed by atoms with Crippen molar-refractivity contribution in [2.45, 2.75) is 31.8 Å². The van der Waals surface area contributed by atoms with Crippen LogP contribution < -0.4 is 10.2 Å². The summed E-state index contributed by atoms with van der Waals surface area (Å²) in [7, 11) is 3.84. The Morgan fingerprint density at radius 1 is 1.50 bits per heavy atom. The van der Waals surface area contributed by atoms with E-state index < -0.39 is 0 Å². The number of fused-ring (bicyclic) bond motifs is 1. The van der Waals surface area contributed by atoms with Gasteiger partial charge in [0.25, 0.3) is 0 Å². The second-order valence-electron chi connectivity index (χ2n) is 5.57. The van der Waals surface area contributed by atoms with Crippen LogP contribution in [0.25, 0.3) is 0 Å². The highest BCUT2D eigenvalue weighted by atomic mass is 16.2. The fraction of sp³-hybridized carbons (Fsp3) is 0.500. The van der Waals surface area contributed by atoms with E-state index >= 15 is 0 Å². The Hall–Kier alpha value is -2.51. The van der Waals surface area contributed by atoms with E-state index in [0.29, 0.717) is 5.95 Å². The van der Waals surface area contributed by atoms with Crippen molar-refractivity contribution in [3.63, 3.8) is 0 Å². The summed E-state index contributed by atoms with van der Waals surface area (Å²) in [5.74, 6) is 0.619. The number of aryl methyl sites for hydroxylation is 1. The summed E-state index contributed by atoms with van der Waals surface area (Å²) in [5, 5.41) is 6.98. The molecular formula is C14H19N7O. The number of amides is 1. The molecule has 2 aromatic rings. The smallest absolute Gasteiger partial charge is 0.242 e. The summed E-state index contributed by atoms with van der Waals surface area (Å²) >= 11 is 0. The van der Waals surface area contributed by atoms with Gasteiger partial charge in [-0.25, -0.2) is 19.6 Å². The fourth-order valence-electron chi connectivity index (χ4n) is 2.60. The number of hydrogen-bond donors (Lipinski definition) is 1. The van der Waals surface area contributed by atoms with Crippen LogP contribution in [0.2, 0.25) is 0 Å². The molecule has 1 aliphatic carbocycles. The monoisotopic (exact) mass is 301 g/mol. The lowest BCUT2D eigenvalue weighted by molar-refractivity contribution is -0.122. The Balaban J connectivity index is 1.72. The molecule has 0 unspecified atom stereocenters. The number of anilines is 1. The molecule has 3 rings (SSSR count). The Labute approximate surface area is 128 Å². The first-order valence-corrected chi connectivity index (χ1v) is 7.28. The second kappa shape index (κ2) is 6.08. The lowest BCUT2D eigenvalue weighted by atomic mass is 9.92. The minimum atomic E-state index is -0.0833. The van der Waals surface area contributed by atoms with E-state index in [1.54, 1.807) is 0 Å². The van der Waals surface area contributed by atoms with Crippen LogP contribution >= 0.6 is 0 Å². The summed E-state index contributed by atoms with van der Waals surface area (Å²) in [6.45, 7) is 0.169. The van der Waals surface area contributed by atoms with E-state index in [2.05, 4.69) is 25.4 Å². The van der Waals surface area contributed by atoms with Crippen LogP contribution in [0.15, 0.2) is 18.9 Å². The van der Waals surface area contributed by atoms with Crippen molar-refractivity contribution < 1.29 is 4.79 Å². The van der Waals surface area contributed by atoms with Crippen LogP contribution in [-0.4, -0.2) is 44.7 Å². The van der Waals surface area contributed by atoms with Gasteiger partial charge in [0.1, 0.15) is 19.2 Å². The molecule has 1 N–H and O–H groups in total. The van der Waals surface area contributed by atoms with Crippen LogP contribution in [0.3, 0.4) is 0 Å². The minimum Gasteiger partial charge on any atom is -0.348 e. The number of nitrogens with one attached hydrogen (secondary N) is 1. The third-order valence-electron chi connectivity index (χ3n) is 3.68. The number of carbonyl (C=O) groups excluding carboxylic acids is 1. The molecule has 1 atom stereocenters. The predicted molar refractivity (Wildman–Crippen MR) is 80.2 cm³/mol. The van der Waals surface area contributed by atoms with Crippen molar-refractivity contribution in [1.29, 1.82) is 0 Å². The maximum Gasteiger partial charge on any atom is 0.242 e. The zero-order chi connectivity index (χ0) is 15.5. The molecule has 8 heteroatoms. The van der Waals surface area contributed by atoms with Gasteiger partial charge < -0.3 is 10.2 Å². The van der Waals surface area contributed by atoms with E-state index in [1.807, 2.05) is 25.2 Å². The minimum absolute atomic E-state index is 0.0315. The Bertz CT molecular complexity index is 653. The molecule has 0 fully saturated rings. The van der Waals surface area contributed by atoms with Gasteiger partial charge in [-0.15, -0.1) is 0 Å². The number of rotatable bonds is 4. The topological polar surface area (TPSA) is 88.8 Å². The van der Waals surface area contributed by atoms with Crippen molar-refractivity contribution in [3.8, 4) is 0 Å². The molecule has 2 heterocycles. The quantitative estimate of drug-likeness (QED) is 0.875. The summed E-state index contributed by atoms with van der Waals surface area (Å²) in [6.07, 6.45) is 7.61. The van der Waals surface area contributed by atoms with Crippen molar-refractivity contribution in [3.05, 3.63) is 30.1 Å². The summed E-state index contributed by atoms with van der Waals surface area (Å²) in [4.78, 5) is 26.8. The highest BCUT2D eigenvalue weighted by molar-refractivity contribution is 5.76. The summed E-state index contributed by atoms with van der Waals surface area (Å²) in [5.41, 5.74) is 2.04. The van der Waals surface area contributed by atoms with Crippen LogP contribution in [0.5, 0.6) is 0 Å². The molecule has 0 bridgehead atoms. The average Bonchev–Trinajstić information content (AvgIpc) is 2.99. The first kappa shape index (κ1) is 14.4. The van der Waals surface area contributed by atoms with Gasteiger partial charge in [-0.3, -0.25) is 4.79 Å². The van der Waals surface area contributed by atoms with E-state index in [-0.39, 0.29) is 18.5 Å². The van der Waals surface area contributed by atoms with Crippen LogP contribution in [-0.2, 0) is 17.8 Å². The SMILES string of the molecule is CN(C)c1ncc2c(n1)CCC[C@H]2NC(=O)Cn1cncn1. The highest BCUT2D eigenvalue weighted by Crippen LogP contribution is 2.28. The summed E-state index contributed by atoms with van der Waals surface area (Å²) in [6, 6.07) is -0.0315. The molecule has 22 heavy (non-hydrogen) atoms. The Morgan fingerprint density at radius 2 is 2.36 bits per heavy atom. The first-order chi connectivity index (χ1) is 10.6. The maximum atomic E-state index is 12.1. The highest BCUT2D eigenvalue weighted by Gasteiger charge is 2.24. The molecule has 0 radical (unpaired) electrons. The predicted octanol–water partition coefficient (Wildman–Crippen LogP) is 0.328. The summed E-state index contributed by atoms with van der Waals surface area (Å²) < 4.78 is 1.50. The van der Waals surface area contributed by atoms with E-state index in [4.69, 9.17) is 0 Å². The van der Waals surface area contributed by atoms with Crippen LogP contribution in [0.4, 0.5) is 5.95 Å². The molecular weight excluding hydrogens is 282 g/mol. The van der Waals surface area contributed by atoms with Crippen molar-refractivity contribution in [2.75, 3.05) is 19.0 Å². The largest absolute Gasteiger partial charge is 0.348 e. The fourth-order valence-corrected chi connectivity index (χ4v) is 2.60. The normalized spacial score (nSPS) is 16.9. The Kier molecular flexibility index (Phi) is 3.99. The molecule has 1 aliphatic rings. The number of nitrogens with zero attached hydrogens (tertiary/aromatic N) is 6. The molecule has 8 nitrogen and oxygen atoms in total. The zero-order valence-electron chi connectivity index (χ0n) is 12.7. The second-order valence-corrected chi connectivity index (χ2v) is 5.57. The van der Waals surface area contributed by atoms with Gasteiger partial charge in [0, 0.05) is 25.9 Å². The van der Waals surface area contributed by atoms with Gasteiger partial charge in [-0.2, -0.15) is 5.10 Å². The van der Waals surface area contributed by atoms with Crippen molar-refractivity contribution in [1.82, 2.24) is 30.0 Å². The molecule has 0 saturated carbocycles. The maximum absolute atomic E-state index is 12.1. The molecule has 1 amide bonds. The van der Waals surface area contributed by atoms with Gasteiger partial charge in [0.05, 0.1) is 11.7 Å². The third-order valence-corrected chi connectivity index (χ3v) is 3.68. The van der Waals surface area contributed by atoms with Crippen molar-refractivity contribution in [2.24, 2.45) is 0 Å². The molecule has 2 aromatic heterocycles. The molecule has 116 valence electrons.